The first-order valence-electron chi connectivity index (χ1n) is 9.95. The fourth-order valence-corrected chi connectivity index (χ4v) is 3.03. The molecule has 0 aromatic heterocycles. The SMILES string of the molecule is COc1cc(/C=N/NC(=O)Cc2ccccc2[N+](=O)[O-])ccc1OCc1cccc([N+](=O)[O-])c1. The van der Waals surface area contributed by atoms with Gasteiger partial charge in [0.15, 0.2) is 11.5 Å². The van der Waals surface area contributed by atoms with Gasteiger partial charge in [0.25, 0.3) is 11.4 Å². The summed E-state index contributed by atoms with van der Waals surface area (Å²) in [6, 6.07) is 17.1. The molecule has 1 amide bonds. The number of nitrogens with one attached hydrogen (secondary N) is 1. The number of ether oxygens (including phenoxy) is 2. The molecule has 0 aliphatic rings. The molecule has 0 fully saturated rings. The topological polar surface area (TPSA) is 146 Å². The molecule has 0 saturated carbocycles. The van der Waals surface area contributed by atoms with Crippen LogP contribution in [0.1, 0.15) is 16.7 Å². The second kappa shape index (κ2) is 11.2. The summed E-state index contributed by atoms with van der Waals surface area (Å²) in [5.41, 5.74) is 3.70. The van der Waals surface area contributed by atoms with Crippen LogP contribution in [0.5, 0.6) is 11.5 Å². The van der Waals surface area contributed by atoms with E-state index in [1.54, 1.807) is 36.4 Å². The lowest BCUT2D eigenvalue weighted by Crippen LogP contribution is -2.20. The summed E-state index contributed by atoms with van der Waals surface area (Å²) in [5.74, 6) is 0.321. The van der Waals surface area contributed by atoms with Crippen molar-refractivity contribution < 1.29 is 24.1 Å². The third-order valence-electron chi connectivity index (χ3n) is 4.65. The average molecular weight is 464 g/mol. The lowest BCUT2D eigenvalue weighted by atomic mass is 10.1. The lowest BCUT2D eigenvalue weighted by Gasteiger charge is -2.11. The van der Waals surface area contributed by atoms with Crippen molar-refractivity contribution in [1.82, 2.24) is 5.43 Å². The van der Waals surface area contributed by atoms with Crippen molar-refractivity contribution in [3.05, 3.63) is 104 Å². The van der Waals surface area contributed by atoms with E-state index in [-0.39, 0.29) is 30.0 Å². The van der Waals surface area contributed by atoms with E-state index in [0.29, 0.717) is 22.6 Å². The number of para-hydroxylation sites is 1. The summed E-state index contributed by atoms with van der Waals surface area (Å²) in [6.45, 7) is 0.104. The summed E-state index contributed by atoms with van der Waals surface area (Å²) < 4.78 is 11.1. The molecule has 3 aromatic carbocycles. The molecule has 0 aliphatic heterocycles. The van der Waals surface area contributed by atoms with Crippen molar-refractivity contribution in [3.8, 4) is 11.5 Å². The van der Waals surface area contributed by atoms with Crippen molar-refractivity contribution in [2.75, 3.05) is 7.11 Å². The van der Waals surface area contributed by atoms with E-state index in [4.69, 9.17) is 9.47 Å². The Morgan fingerprint density at radius 2 is 1.79 bits per heavy atom. The molecule has 0 radical (unpaired) electrons. The number of amides is 1. The smallest absolute Gasteiger partial charge is 0.273 e. The monoisotopic (exact) mass is 464 g/mol. The van der Waals surface area contributed by atoms with Gasteiger partial charge in [-0.15, -0.1) is 0 Å². The molecular formula is C23H20N4O7. The largest absolute Gasteiger partial charge is 0.493 e. The molecule has 0 heterocycles. The minimum atomic E-state index is -0.541. The first-order valence-corrected chi connectivity index (χ1v) is 9.95. The highest BCUT2D eigenvalue weighted by Gasteiger charge is 2.15. The number of nitro groups is 2. The summed E-state index contributed by atoms with van der Waals surface area (Å²) >= 11 is 0. The third-order valence-corrected chi connectivity index (χ3v) is 4.65. The quantitative estimate of drug-likeness (QED) is 0.273. The zero-order valence-corrected chi connectivity index (χ0v) is 18.0. The average Bonchev–Trinajstić information content (AvgIpc) is 2.83. The second-order valence-electron chi connectivity index (χ2n) is 6.98. The maximum Gasteiger partial charge on any atom is 0.273 e. The van der Waals surface area contributed by atoms with Crippen LogP contribution in [-0.4, -0.2) is 29.1 Å². The fourth-order valence-electron chi connectivity index (χ4n) is 3.03. The van der Waals surface area contributed by atoms with Crippen molar-refractivity contribution in [1.29, 1.82) is 0 Å². The number of benzene rings is 3. The van der Waals surface area contributed by atoms with Crippen LogP contribution in [0.15, 0.2) is 71.8 Å². The molecule has 0 saturated heterocycles. The van der Waals surface area contributed by atoms with Crippen LogP contribution in [0, 0.1) is 20.2 Å². The van der Waals surface area contributed by atoms with Crippen LogP contribution in [0.4, 0.5) is 11.4 Å². The van der Waals surface area contributed by atoms with E-state index in [9.17, 15) is 25.0 Å². The molecule has 0 unspecified atom stereocenters. The van der Waals surface area contributed by atoms with E-state index in [0.717, 1.165) is 0 Å². The Hall–Kier alpha value is -4.80. The van der Waals surface area contributed by atoms with E-state index >= 15 is 0 Å². The highest BCUT2D eigenvalue weighted by atomic mass is 16.6. The van der Waals surface area contributed by atoms with Crippen molar-refractivity contribution in [2.24, 2.45) is 5.10 Å². The number of nitro benzene ring substituents is 2. The Morgan fingerprint density at radius 1 is 1.00 bits per heavy atom. The van der Waals surface area contributed by atoms with Gasteiger partial charge in [0.1, 0.15) is 6.61 Å². The van der Waals surface area contributed by atoms with E-state index < -0.39 is 15.8 Å². The highest BCUT2D eigenvalue weighted by molar-refractivity contribution is 5.84. The van der Waals surface area contributed by atoms with Crippen LogP contribution < -0.4 is 14.9 Å². The van der Waals surface area contributed by atoms with E-state index in [2.05, 4.69) is 10.5 Å². The Kier molecular flexibility index (Phi) is 7.84. The number of methoxy groups -OCH3 is 1. The zero-order chi connectivity index (χ0) is 24.5. The predicted molar refractivity (Wildman–Crippen MR) is 123 cm³/mol. The number of hydrogen-bond donors (Lipinski definition) is 1. The third kappa shape index (κ3) is 6.36. The fraction of sp³-hybridized carbons (Fsp3) is 0.130. The van der Waals surface area contributed by atoms with E-state index in [1.807, 2.05) is 0 Å². The summed E-state index contributed by atoms with van der Waals surface area (Å²) in [5, 5.41) is 25.8. The Morgan fingerprint density at radius 3 is 2.53 bits per heavy atom. The molecule has 3 aromatic rings. The van der Waals surface area contributed by atoms with Gasteiger partial charge in [-0.05, 0) is 29.3 Å². The molecule has 0 bridgehead atoms. The van der Waals surface area contributed by atoms with E-state index in [1.165, 1.54) is 43.7 Å². The molecule has 0 atom stereocenters. The predicted octanol–water partition coefficient (Wildman–Crippen LogP) is 3.78. The van der Waals surface area contributed by atoms with Gasteiger partial charge in [-0.3, -0.25) is 25.0 Å². The van der Waals surface area contributed by atoms with Gasteiger partial charge >= 0.3 is 0 Å². The molecule has 0 aliphatic carbocycles. The molecule has 1 N–H and O–H groups in total. The molecular weight excluding hydrogens is 444 g/mol. The zero-order valence-electron chi connectivity index (χ0n) is 18.0. The van der Waals surface area contributed by atoms with Crippen LogP contribution in [0.3, 0.4) is 0 Å². The maximum atomic E-state index is 12.1. The number of rotatable bonds is 10. The lowest BCUT2D eigenvalue weighted by molar-refractivity contribution is -0.385. The number of carbonyl (C=O) groups excluding carboxylic acids is 1. The molecule has 11 nitrogen and oxygen atoms in total. The van der Waals surface area contributed by atoms with Gasteiger partial charge in [0.05, 0.1) is 29.6 Å². The second-order valence-corrected chi connectivity index (χ2v) is 6.98. The van der Waals surface area contributed by atoms with Crippen LogP contribution >= 0.6 is 0 Å². The van der Waals surface area contributed by atoms with Crippen LogP contribution in [0.25, 0.3) is 0 Å². The minimum Gasteiger partial charge on any atom is -0.493 e. The van der Waals surface area contributed by atoms with Crippen molar-refractivity contribution in [2.45, 2.75) is 13.0 Å². The molecule has 0 spiro atoms. The normalized spacial score (nSPS) is 10.6. The summed E-state index contributed by atoms with van der Waals surface area (Å²) in [6.07, 6.45) is 1.20. The standard InChI is InChI=1S/C23H20N4O7/c1-33-22-12-16(9-10-21(22)34-15-17-5-4-7-19(11-17)26(29)30)14-24-25-23(28)13-18-6-2-3-8-20(18)27(31)32/h2-12,14H,13,15H2,1H3,(H,25,28)/b24-14+. The molecule has 174 valence electrons. The van der Waals surface area contributed by atoms with Crippen LogP contribution in [-0.2, 0) is 17.8 Å². The van der Waals surface area contributed by atoms with Gasteiger partial charge in [-0.1, -0.05) is 30.3 Å². The first kappa shape index (κ1) is 23.9. The van der Waals surface area contributed by atoms with Crippen molar-refractivity contribution >= 4 is 23.5 Å². The van der Waals surface area contributed by atoms with Gasteiger partial charge in [0, 0.05) is 23.8 Å². The Labute approximate surface area is 193 Å². The van der Waals surface area contributed by atoms with Crippen LogP contribution in [0.2, 0.25) is 0 Å². The summed E-state index contributed by atoms with van der Waals surface area (Å²) in [4.78, 5) is 33.1. The van der Waals surface area contributed by atoms with Gasteiger partial charge in [-0.2, -0.15) is 5.10 Å². The number of non-ortho nitro benzene ring substituents is 1. The van der Waals surface area contributed by atoms with Crippen molar-refractivity contribution in [3.63, 3.8) is 0 Å². The Balaban J connectivity index is 1.61. The minimum absolute atomic E-state index is 0.0245. The maximum absolute atomic E-state index is 12.1. The molecule has 34 heavy (non-hydrogen) atoms. The molecule has 3 rings (SSSR count). The number of nitrogens with zero attached hydrogens (tertiary/aromatic N) is 3. The number of hydrogen-bond acceptors (Lipinski definition) is 8. The van der Waals surface area contributed by atoms with Gasteiger partial charge < -0.3 is 9.47 Å². The number of hydrazone groups is 1. The first-order chi connectivity index (χ1) is 16.4. The number of carbonyl (C=O) groups is 1. The summed E-state index contributed by atoms with van der Waals surface area (Å²) in [7, 11) is 1.46. The van der Waals surface area contributed by atoms with Gasteiger partial charge in [0.2, 0.25) is 5.91 Å². The molecule has 11 heteroatoms. The Bertz CT molecular complexity index is 1240. The highest BCUT2D eigenvalue weighted by Crippen LogP contribution is 2.28. The van der Waals surface area contributed by atoms with Gasteiger partial charge in [-0.25, -0.2) is 5.43 Å².